The average Bonchev–Trinajstić information content (AvgIpc) is 2.52. The van der Waals surface area contributed by atoms with Crippen molar-refractivity contribution in [3.8, 4) is 0 Å². The van der Waals surface area contributed by atoms with E-state index >= 15 is 0 Å². The van der Waals surface area contributed by atoms with Crippen LogP contribution in [0.25, 0.3) is 0 Å². The van der Waals surface area contributed by atoms with Crippen LogP contribution in [0, 0.1) is 0 Å². The number of amides is 1. The summed E-state index contributed by atoms with van der Waals surface area (Å²) in [5, 5.41) is 14.8. The third kappa shape index (κ3) is 3.93. The number of amidine groups is 1. The second-order valence-corrected chi connectivity index (χ2v) is 4.67. The number of benzene rings is 1. The minimum absolute atomic E-state index is 0.0162. The number of oxime groups is 1. The standard InChI is InChI=1S/C14H13ClN4O2/c15-11-4-5-12(17-8-11)14(20)18-7-9-2-1-3-10(6-9)13(16)19-21/h1-6,8,21H,7H2,(H2,16,19)(H,18,20). The molecule has 6 nitrogen and oxygen atoms in total. The number of aromatic nitrogens is 1. The smallest absolute Gasteiger partial charge is 0.270 e. The van der Waals surface area contributed by atoms with Gasteiger partial charge in [-0.25, -0.2) is 4.98 Å². The quantitative estimate of drug-likeness (QED) is 0.347. The van der Waals surface area contributed by atoms with Crippen molar-refractivity contribution in [2.45, 2.75) is 6.54 Å². The van der Waals surface area contributed by atoms with E-state index in [4.69, 9.17) is 22.5 Å². The zero-order chi connectivity index (χ0) is 15.2. The van der Waals surface area contributed by atoms with Crippen LogP contribution in [0.2, 0.25) is 5.02 Å². The largest absolute Gasteiger partial charge is 0.409 e. The normalized spacial score (nSPS) is 11.2. The summed E-state index contributed by atoms with van der Waals surface area (Å²) >= 11 is 5.71. The van der Waals surface area contributed by atoms with Gasteiger partial charge in [0.05, 0.1) is 5.02 Å². The molecule has 0 saturated heterocycles. The van der Waals surface area contributed by atoms with Crippen LogP contribution in [-0.2, 0) is 6.54 Å². The van der Waals surface area contributed by atoms with Crippen molar-refractivity contribution < 1.29 is 10.0 Å². The molecule has 4 N–H and O–H groups in total. The first kappa shape index (κ1) is 14.8. The first-order chi connectivity index (χ1) is 10.1. The highest BCUT2D eigenvalue weighted by Gasteiger charge is 2.07. The molecule has 1 heterocycles. The number of hydrogen-bond acceptors (Lipinski definition) is 4. The molecule has 7 heteroatoms. The molecule has 1 aromatic carbocycles. The summed E-state index contributed by atoms with van der Waals surface area (Å²) in [5.41, 5.74) is 7.20. The topological polar surface area (TPSA) is 101 Å². The highest BCUT2D eigenvalue weighted by Crippen LogP contribution is 2.07. The Morgan fingerprint density at radius 3 is 2.86 bits per heavy atom. The van der Waals surface area contributed by atoms with Crippen molar-refractivity contribution in [1.29, 1.82) is 0 Å². The molecular formula is C14H13ClN4O2. The first-order valence-electron chi connectivity index (χ1n) is 6.07. The van der Waals surface area contributed by atoms with E-state index in [1.54, 1.807) is 30.3 Å². The average molecular weight is 305 g/mol. The van der Waals surface area contributed by atoms with Crippen molar-refractivity contribution in [3.05, 3.63) is 64.4 Å². The molecule has 1 amide bonds. The number of carbonyl (C=O) groups excluding carboxylic acids is 1. The maximum absolute atomic E-state index is 11.9. The van der Waals surface area contributed by atoms with Crippen LogP contribution in [0.3, 0.4) is 0 Å². The van der Waals surface area contributed by atoms with E-state index in [1.165, 1.54) is 6.20 Å². The van der Waals surface area contributed by atoms with Gasteiger partial charge in [0.1, 0.15) is 5.69 Å². The number of nitrogens with two attached hydrogens (primary N) is 1. The number of pyridine rings is 1. The summed E-state index contributed by atoms with van der Waals surface area (Å²) < 4.78 is 0. The van der Waals surface area contributed by atoms with Gasteiger partial charge in [-0.05, 0) is 23.8 Å². The predicted octanol–water partition coefficient (Wildman–Crippen LogP) is 1.76. The molecule has 0 bridgehead atoms. The Hall–Kier alpha value is -2.60. The molecule has 0 aliphatic carbocycles. The van der Waals surface area contributed by atoms with Crippen molar-refractivity contribution >= 4 is 23.3 Å². The zero-order valence-electron chi connectivity index (χ0n) is 11.0. The van der Waals surface area contributed by atoms with Gasteiger partial charge in [-0.15, -0.1) is 0 Å². The molecule has 0 atom stereocenters. The van der Waals surface area contributed by atoms with Crippen LogP contribution in [0.5, 0.6) is 0 Å². The molecule has 2 rings (SSSR count). The Kier molecular flexibility index (Phi) is 4.73. The van der Waals surface area contributed by atoms with Crippen molar-refractivity contribution in [2.75, 3.05) is 0 Å². The van der Waals surface area contributed by atoms with E-state index in [-0.39, 0.29) is 17.4 Å². The summed E-state index contributed by atoms with van der Waals surface area (Å²) in [7, 11) is 0. The molecule has 0 radical (unpaired) electrons. The minimum atomic E-state index is -0.305. The molecule has 0 aliphatic rings. The second kappa shape index (κ2) is 6.71. The number of halogens is 1. The van der Waals surface area contributed by atoms with Gasteiger partial charge >= 0.3 is 0 Å². The van der Waals surface area contributed by atoms with Crippen LogP contribution in [-0.4, -0.2) is 21.9 Å². The first-order valence-corrected chi connectivity index (χ1v) is 6.44. The number of hydrogen-bond donors (Lipinski definition) is 3. The van der Waals surface area contributed by atoms with Gasteiger partial charge in [-0.2, -0.15) is 0 Å². The lowest BCUT2D eigenvalue weighted by atomic mass is 10.1. The van der Waals surface area contributed by atoms with E-state index < -0.39 is 0 Å². The SMILES string of the molecule is NC(=NO)c1cccc(CNC(=O)c2ccc(Cl)cn2)c1. The Labute approximate surface area is 126 Å². The van der Waals surface area contributed by atoms with Crippen molar-refractivity contribution in [3.63, 3.8) is 0 Å². The number of nitrogens with one attached hydrogen (secondary N) is 1. The fraction of sp³-hybridized carbons (Fsp3) is 0.0714. The van der Waals surface area contributed by atoms with E-state index in [9.17, 15) is 4.79 Å². The summed E-state index contributed by atoms with van der Waals surface area (Å²) in [5.74, 6) is -0.289. The van der Waals surface area contributed by atoms with Gasteiger partial charge in [0.25, 0.3) is 5.91 Å². The van der Waals surface area contributed by atoms with Crippen LogP contribution >= 0.6 is 11.6 Å². The molecule has 0 saturated carbocycles. The molecule has 1 aromatic heterocycles. The Bertz CT molecular complexity index is 671. The molecular weight excluding hydrogens is 292 g/mol. The van der Waals surface area contributed by atoms with Crippen molar-refractivity contribution in [1.82, 2.24) is 10.3 Å². The van der Waals surface area contributed by atoms with Crippen molar-refractivity contribution in [2.24, 2.45) is 10.9 Å². The third-order valence-electron chi connectivity index (χ3n) is 2.74. The lowest BCUT2D eigenvalue weighted by Gasteiger charge is -2.06. The fourth-order valence-electron chi connectivity index (χ4n) is 1.68. The van der Waals surface area contributed by atoms with Gasteiger partial charge in [-0.1, -0.05) is 35.0 Å². The Morgan fingerprint density at radius 2 is 2.19 bits per heavy atom. The summed E-state index contributed by atoms with van der Waals surface area (Å²) in [6.07, 6.45) is 1.41. The molecule has 0 unspecified atom stereocenters. The molecule has 2 aromatic rings. The zero-order valence-corrected chi connectivity index (χ0v) is 11.7. The Balaban J connectivity index is 2.03. The maximum Gasteiger partial charge on any atom is 0.270 e. The molecule has 0 aliphatic heterocycles. The minimum Gasteiger partial charge on any atom is -0.409 e. The highest BCUT2D eigenvalue weighted by atomic mass is 35.5. The van der Waals surface area contributed by atoms with Crippen LogP contribution < -0.4 is 11.1 Å². The van der Waals surface area contributed by atoms with E-state index in [0.717, 1.165) is 5.56 Å². The molecule has 21 heavy (non-hydrogen) atoms. The second-order valence-electron chi connectivity index (χ2n) is 4.23. The number of rotatable bonds is 4. The predicted molar refractivity (Wildman–Crippen MR) is 79.4 cm³/mol. The lowest BCUT2D eigenvalue weighted by Crippen LogP contribution is -2.24. The lowest BCUT2D eigenvalue weighted by molar-refractivity contribution is 0.0946. The fourth-order valence-corrected chi connectivity index (χ4v) is 1.79. The molecule has 108 valence electrons. The van der Waals surface area contributed by atoms with E-state index in [2.05, 4.69) is 15.5 Å². The van der Waals surface area contributed by atoms with Gasteiger partial charge in [-0.3, -0.25) is 4.79 Å². The van der Waals surface area contributed by atoms with Crippen LogP contribution in [0.1, 0.15) is 21.6 Å². The third-order valence-corrected chi connectivity index (χ3v) is 2.97. The molecule has 0 spiro atoms. The van der Waals surface area contributed by atoms with E-state index in [1.807, 2.05) is 6.07 Å². The van der Waals surface area contributed by atoms with Gasteiger partial charge in [0.2, 0.25) is 0 Å². The Morgan fingerprint density at radius 1 is 1.38 bits per heavy atom. The molecule has 0 fully saturated rings. The van der Waals surface area contributed by atoms with Gasteiger partial charge in [0.15, 0.2) is 5.84 Å². The van der Waals surface area contributed by atoms with Crippen LogP contribution in [0.4, 0.5) is 0 Å². The van der Waals surface area contributed by atoms with E-state index in [0.29, 0.717) is 17.1 Å². The summed E-state index contributed by atoms with van der Waals surface area (Å²) in [6, 6.07) is 10.2. The number of nitrogens with zero attached hydrogens (tertiary/aromatic N) is 2. The maximum atomic E-state index is 11.9. The monoisotopic (exact) mass is 304 g/mol. The summed E-state index contributed by atoms with van der Waals surface area (Å²) in [4.78, 5) is 15.8. The van der Waals surface area contributed by atoms with Crippen LogP contribution in [0.15, 0.2) is 47.8 Å². The van der Waals surface area contributed by atoms with Gasteiger partial charge in [0, 0.05) is 18.3 Å². The highest BCUT2D eigenvalue weighted by molar-refractivity contribution is 6.30. The number of carbonyl (C=O) groups is 1. The van der Waals surface area contributed by atoms with Gasteiger partial charge < -0.3 is 16.3 Å². The summed E-state index contributed by atoms with van der Waals surface area (Å²) in [6.45, 7) is 0.301.